The monoisotopic (exact) mass is 359 g/mol. The Morgan fingerprint density at radius 1 is 1.30 bits per heavy atom. The number of nitrogens with one attached hydrogen (secondary N) is 2. The van der Waals surface area contributed by atoms with E-state index in [1.165, 1.54) is 22.9 Å². The molecule has 0 atom stereocenters. The zero-order valence-electron chi connectivity index (χ0n) is 14.2. The van der Waals surface area contributed by atoms with E-state index in [-0.39, 0.29) is 16.5 Å². The number of furan rings is 1. The molecule has 0 aliphatic rings. The van der Waals surface area contributed by atoms with Crippen LogP contribution in [-0.2, 0) is 0 Å². The summed E-state index contributed by atoms with van der Waals surface area (Å²) < 4.78 is 6.40. The number of fused-ring (bicyclic) bond motifs is 3. The second-order valence-electron chi connectivity index (χ2n) is 5.81. The molecule has 2 N–H and O–H groups in total. The second kappa shape index (κ2) is 6.31. The van der Waals surface area contributed by atoms with Crippen LogP contribution in [0.25, 0.3) is 22.9 Å². The van der Waals surface area contributed by atoms with Crippen LogP contribution in [0.4, 0.5) is 0 Å². The lowest BCUT2D eigenvalue weighted by Gasteiger charge is -2.05. The van der Waals surface area contributed by atoms with Gasteiger partial charge in [0.15, 0.2) is 11.4 Å². The minimum Gasteiger partial charge on any atom is -0.459 e. The summed E-state index contributed by atoms with van der Waals surface area (Å²) in [6.45, 7) is 1.67. The highest BCUT2D eigenvalue weighted by molar-refractivity contribution is 5.91. The molecule has 132 valence electrons. The SMILES string of the molecule is Cc1c(C#N)c2nc3ccccc3n2c(=O)c1=CNNC(=O)c1ccco1. The summed E-state index contributed by atoms with van der Waals surface area (Å²) >= 11 is 0. The highest BCUT2D eigenvalue weighted by atomic mass is 16.3. The summed E-state index contributed by atoms with van der Waals surface area (Å²) in [7, 11) is 0. The number of carbonyl (C=O) groups excluding carboxylic acids is 1. The number of nitriles is 1. The van der Waals surface area contributed by atoms with Crippen molar-refractivity contribution in [1.82, 2.24) is 20.2 Å². The molecular formula is C19H13N5O3. The first-order chi connectivity index (χ1) is 13.1. The van der Waals surface area contributed by atoms with E-state index in [2.05, 4.69) is 21.9 Å². The average Bonchev–Trinajstić information content (AvgIpc) is 3.32. The summed E-state index contributed by atoms with van der Waals surface area (Å²) in [6.07, 6.45) is 2.74. The fraction of sp³-hybridized carbons (Fsp3) is 0.0526. The minimum absolute atomic E-state index is 0.128. The molecule has 4 aromatic rings. The van der Waals surface area contributed by atoms with Crippen molar-refractivity contribution in [2.45, 2.75) is 6.92 Å². The van der Waals surface area contributed by atoms with Crippen molar-refractivity contribution in [3.05, 3.63) is 75.1 Å². The Labute approximate surface area is 152 Å². The average molecular weight is 359 g/mol. The van der Waals surface area contributed by atoms with Gasteiger partial charge in [-0.25, -0.2) is 4.98 Å². The number of benzene rings is 1. The van der Waals surface area contributed by atoms with Gasteiger partial charge in [-0.1, -0.05) is 12.1 Å². The fourth-order valence-electron chi connectivity index (χ4n) is 2.93. The van der Waals surface area contributed by atoms with Gasteiger partial charge in [0.1, 0.15) is 6.07 Å². The maximum Gasteiger partial charge on any atom is 0.305 e. The van der Waals surface area contributed by atoms with Crippen LogP contribution >= 0.6 is 0 Å². The quantitative estimate of drug-likeness (QED) is 0.528. The van der Waals surface area contributed by atoms with Crippen LogP contribution < -0.4 is 21.6 Å². The van der Waals surface area contributed by atoms with Gasteiger partial charge in [-0.3, -0.25) is 19.4 Å². The lowest BCUT2D eigenvalue weighted by atomic mass is 10.1. The van der Waals surface area contributed by atoms with E-state index in [1.807, 2.05) is 6.07 Å². The van der Waals surface area contributed by atoms with Crippen molar-refractivity contribution < 1.29 is 9.21 Å². The van der Waals surface area contributed by atoms with Crippen molar-refractivity contribution in [1.29, 1.82) is 5.26 Å². The smallest absolute Gasteiger partial charge is 0.305 e. The Morgan fingerprint density at radius 2 is 2.11 bits per heavy atom. The number of nitrogens with zero attached hydrogens (tertiary/aromatic N) is 3. The number of amides is 1. The van der Waals surface area contributed by atoms with Crippen LogP contribution in [0.3, 0.4) is 0 Å². The zero-order valence-corrected chi connectivity index (χ0v) is 14.2. The Kier molecular flexibility index (Phi) is 3.82. The maximum atomic E-state index is 13.0. The molecule has 3 aromatic heterocycles. The van der Waals surface area contributed by atoms with Crippen molar-refractivity contribution in [2.75, 3.05) is 0 Å². The number of rotatable bonds is 3. The number of hydrazine groups is 1. The van der Waals surface area contributed by atoms with Crippen LogP contribution in [-0.4, -0.2) is 15.3 Å². The summed E-state index contributed by atoms with van der Waals surface area (Å²) in [5.74, 6) is -0.361. The molecule has 8 nitrogen and oxygen atoms in total. The molecule has 0 saturated carbocycles. The molecule has 0 aliphatic carbocycles. The number of imidazole rings is 1. The van der Waals surface area contributed by atoms with E-state index in [0.29, 0.717) is 27.8 Å². The molecule has 27 heavy (non-hydrogen) atoms. The summed E-state index contributed by atoms with van der Waals surface area (Å²) in [5.41, 5.74) is 7.02. The predicted octanol–water partition coefficient (Wildman–Crippen LogP) is 1.01. The van der Waals surface area contributed by atoms with E-state index in [1.54, 1.807) is 31.2 Å². The van der Waals surface area contributed by atoms with Gasteiger partial charge in [0.05, 0.1) is 28.1 Å². The van der Waals surface area contributed by atoms with Crippen LogP contribution in [0.15, 0.2) is 51.9 Å². The van der Waals surface area contributed by atoms with Gasteiger partial charge in [0.25, 0.3) is 5.56 Å². The standard InChI is InChI=1S/C19H13N5O3/c1-11-12(9-20)17-22-14-5-2-3-6-15(14)24(17)19(26)13(11)10-21-23-18(25)16-7-4-8-27-16/h2-8,10,21H,1H3,(H,23,25). The molecule has 0 unspecified atom stereocenters. The van der Waals surface area contributed by atoms with Gasteiger partial charge in [-0.15, -0.1) is 0 Å². The first kappa shape index (κ1) is 16.4. The van der Waals surface area contributed by atoms with E-state index in [0.717, 1.165) is 0 Å². The third kappa shape index (κ3) is 2.58. The van der Waals surface area contributed by atoms with E-state index < -0.39 is 5.91 Å². The highest BCUT2D eigenvalue weighted by Gasteiger charge is 2.16. The van der Waals surface area contributed by atoms with Crippen LogP contribution in [0, 0.1) is 18.3 Å². The molecule has 0 saturated heterocycles. The molecular weight excluding hydrogens is 346 g/mol. The lowest BCUT2D eigenvalue weighted by Crippen LogP contribution is -2.40. The van der Waals surface area contributed by atoms with E-state index in [9.17, 15) is 14.9 Å². The van der Waals surface area contributed by atoms with Crippen molar-refractivity contribution >= 4 is 28.8 Å². The molecule has 0 fully saturated rings. The van der Waals surface area contributed by atoms with E-state index in [4.69, 9.17) is 4.42 Å². The van der Waals surface area contributed by atoms with E-state index >= 15 is 0 Å². The van der Waals surface area contributed by atoms with Gasteiger partial charge < -0.3 is 9.84 Å². The minimum atomic E-state index is -0.490. The Balaban J connectivity index is 1.85. The molecule has 1 amide bonds. The fourth-order valence-corrected chi connectivity index (χ4v) is 2.93. The van der Waals surface area contributed by atoms with Gasteiger partial charge in [-0.2, -0.15) is 5.26 Å². The first-order valence-electron chi connectivity index (χ1n) is 8.05. The first-order valence-corrected chi connectivity index (χ1v) is 8.05. The number of hydrogen-bond acceptors (Lipinski definition) is 6. The van der Waals surface area contributed by atoms with Crippen LogP contribution in [0.2, 0.25) is 0 Å². The Morgan fingerprint density at radius 3 is 2.85 bits per heavy atom. The number of para-hydroxylation sites is 2. The molecule has 0 radical (unpaired) electrons. The van der Waals surface area contributed by atoms with Gasteiger partial charge in [0.2, 0.25) is 0 Å². The topological polar surface area (TPSA) is 112 Å². The zero-order chi connectivity index (χ0) is 19.0. The molecule has 0 aliphatic heterocycles. The number of hydrogen-bond donors (Lipinski definition) is 2. The lowest BCUT2D eigenvalue weighted by molar-refractivity contribution is 0.0915. The maximum absolute atomic E-state index is 13.0. The Bertz CT molecular complexity index is 1330. The number of carbonyl (C=O) groups is 1. The highest BCUT2D eigenvalue weighted by Crippen LogP contribution is 2.17. The third-order valence-corrected chi connectivity index (χ3v) is 4.26. The molecule has 0 spiro atoms. The number of aromatic nitrogens is 2. The summed E-state index contributed by atoms with van der Waals surface area (Å²) in [6, 6.07) is 12.4. The van der Waals surface area contributed by atoms with Crippen LogP contribution in [0.5, 0.6) is 0 Å². The van der Waals surface area contributed by atoms with Crippen LogP contribution in [0.1, 0.15) is 21.7 Å². The molecule has 1 aromatic carbocycles. The normalized spacial score (nSPS) is 11.6. The van der Waals surface area contributed by atoms with Gasteiger partial charge in [-0.05, 0) is 36.8 Å². The van der Waals surface area contributed by atoms with Crippen molar-refractivity contribution in [3.8, 4) is 6.07 Å². The number of pyridine rings is 1. The third-order valence-electron chi connectivity index (χ3n) is 4.26. The summed E-state index contributed by atoms with van der Waals surface area (Å²) in [4.78, 5) is 29.3. The Hall–Kier alpha value is -4.12. The molecule has 8 heteroatoms. The summed E-state index contributed by atoms with van der Waals surface area (Å²) in [5, 5.41) is 9.83. The van der Waals surface area contributed by atoms with Gasteiger partial charge >= 0.3 is 5.91 Å². The molecule has 0 bridgehead atoms. The second-order valence-corrected chi connectivity index (χ2v) is 5.81. The van der Waals surface area contributed by atoms with Crippen molar-refractivity contribution in [3.63, 3.8) is 0 Å². The predicted molar refractivity (Wildman–Crippen MR) is 97.4 cm³/mol. The molecule has 4 rings (SSSR count). The van der Waals surface area contributed by atoms with Gasteiger partial charge in [0, 0.05) is 6.20 Å². The van der Waals surface area contributed by atoms with Crippen molar-refractivity contribution in [2.24, 2.45) is 0 Å². The largest absolute Gasteiger partial charge is 0.459 e. The molecule has 3 heterocycles.